The van der Waals surface area contributed by atoms with Crippen molar-refractivity contribution in [2.75, 3.05) is 13.1 Å². The van der Waals surface area contributed by atoms with Gasteiger partial charge in [-0.1, -0.05) is 52.3 Å². The van der Waals surface area contributed by atoms with Crippen LogP contribution < -0.4 is 5.32 Å². The summed E-state index contributed by atoms with van der Waals surface area (Å²) >= 11 is 5.19. The highest BCUT2D eigenvalue weighted by atomic mass is 79.9. The number of thiophene rings is 1. The molecule has 1 atom stereocenters. The number of nitrogens with one attached hydrogen (secondary N) is 1. The molecule has 0 saturated heterocycles. The fourth-order valence-corrected chi connectivity index (χ4v) is 4.86. The van der Waals surface area contributed by atoms with Crippen molar-refractivity contribution in [2.45, 2.75) is 19.0 Å². The van der Waals surface area contributed by atoms with Crippen molar-refractivity contribution in [1.29, 1.82) is 0 Å². The van der Waals surface area contributed by atoms with Gasteiger partial charge in [-0.15, -0.1) is 11.3 Å². The summed E-state index contributed by atoms with van der Waals surface area (Å²) < 4.78 is 0.914. The maximum atomic E-state index is 12.6. The molecule has 4 rings (SSSR count). The highest BCUT2D eigenvalue weighted by Gasteiger charge is 2.26. The molecule has 1 aliphatic heterocycles. The third-order valence-corrected chi connectivity index (χ3v) is 6.48. The lowest BCUT2D eigenvalue weighted by Gasteiger charge is -2.35. The van der Waals surface area contributed by atoms with Gasteiger partial charge in [0.1, 0.15) is 0 Å². The SMILES string of the molecule is O=C(NCC(c1cccs1)N1CCc2ccccc2C1)c1cccc(Br)c1. The van der Waals surface area contributed by atoms with Gasteiger partial charge < -0.3 is 5.32 Å². The van der Waals surface area contributed by atoms with Crippen LogP contribution >= 0.6 is 27.3 Å². The van der Waals surface area contributed by atoms with E-state index in [2.05, 4.69) is 67.9 Å². The van der Waals surface area contributed by atoms with Crippen molar-refractivity contribution in [1.82, 2.24) is 10.2 Å². The molecule has 3 aromatic rings. The summed E-state index contributed by atoms with van der Waals surface area (Å²) in [5.41, 5.74) is 3.51. The predicted molar refractivity (Wildman–Crippen MR) is 114 cm³/mol. The fraction of sp³-hybridized carbons (Fsp3) is 0.227. The molecule has 0 saturated carbocycles. The number of amides is 1. The molecule has 1 aliphatic rings. The molecule has 2 heterocycles. The Morgan fingerprint density at radius 3 is 2.74 bits per heavy atom. The van der Waals surface area contributed by atoms with Gasteiger partial charge in [0.2, 0.25) is 0 Å². The molecule has 3 nitrogen and oxygen atoms in total. The van der Waals surface area contributed by atoms with E-state index < -0.39 is 0 Å². The van der Waals surface area contributed by atoms with E-state index in [1.54, 1.807) is 11.3 Å². The second kappa shape index (κ2) is 8.38. The summed E-state index contributed by atoms with van der Waals surface area (Å²) in [6.45, 7) is 2.53. The Hall–Kier alpha value is -1.95. The van der Waals surface area contributed by atoms with Crippen LogP contribution in [-0.2, 0) is 13.0 Å². The summed E-state index contributed by atoms with van der Waals surface area (Å²) in [4.78, 5) is 16.4. The number of fused-ring (bicyclic) bond motifs is 1. The number of hydrogen-bond donors (Lipinski definition) is 1. The lowest BCUT2D eigenvalue weighted by atomic mass is 9.98. The highest BCUT2D eigenvalue weighted by Crippen LogP contribution is 2.30. The quantitative estimate of drug-likeness (QED) is 0.602. The molecule has 27 heavy (non-hydrogen) atoms. The summed E-state index contributed by atoms with van der Waals surface area (Å²) in [5.74, 6) is -0.0322. The van der Waals surface area contributed by atoms with Gasteiger partial charge in [-0.25, -0.2) is 0 Å². The average molecular weight is 441 g/mol. The molecular weight excluding hydrogens is 420 g/mol. The largest absolute Gasteiger partial charge is 0.350 e. The lowest BCUT2D eigenvalue weighted by molar-refractivity contribution is 0.0928. The van der Waals surface area contributed by atoms with E-state index in [-0.39, 0.29) is 11.9 Å². The van der Waals surface area contributed by atoms with E-state index in [4.69, 9.17) is 0 Å². The normalized spacial score (nSPS) is 15.1. The van der Waals surface area contributed by atoms with Crippen LogP contribution in [0.25, 0.3) is 0 Å². The second-order valence-electron chi connectivity index (χ2n) is 6.74. The Morgan fingerprint density at radius 1 is 1.11 bits per heavy atom. The number of rotatable bonds is 5. The van der Waals surface area contributed by atoms with Crippen LogP contribution in [0, 0.1) is 0 Å². The van der Waals surface area contributed by atoms with Gasteiger partial charge in [-0.2, -0.15) is 0 Å². The molecule has 1 N–H and O–H groups in total. The molecule has 1 unspecified atom stereocenters. The summed E-state index contributed by atoms with van der Waals surface area (Å²) in [6.07, 6.45) is 1.05. The summed E-state index contributed by atoms with van der Waals surface area (Å²) in [6, 6.07) is 20.6. The van der Waals surface area contributed by atoms with Crippen molar-refractivity contribution >= 4 is 33.2 Å². The summed E-state index contributed by atoms with van der Waals surface area (Å²) in [7, 11) is 0. The molecule has 0 radical (unpaired) electrons. The van der Waals surface area contributed by atoms with Crippen LogP contribution in [-0.4, -0.2) is 23.9 Å². The third-order valence-electron chi connectivity index (χ3n) is 5.02. The van der Waals surface area contributed by atoms with Gasteiger partial charge in [-0.05, 0) is 47.2 Å². The molecule has 1 aromatic heterocycles. The van der Waals surface area contributed by atoms with Crippen molar-refractivity contribution in [2.24, 2.45) is 0 Å². The van der Waals surface area contributed by atoms with Crippen LogP contribution in [0.15, 0.2) is 70.5 Å². The minimum absolute atomic E-state index is 0.0322. The van der Waals surface area contributed by atoms with Crippen LogP contribution in [0.2, 0.25) is 0 Å². The molecule has 5 heteroatoms. The Balaban J connectivity index is 1.50. The molecule has 1 amide bonds. The number of halogens is 1. The first-order valence-corrected chi connectivity index (χ1v) is 10.8. The first kappa shape index (κ1) is 18.4. The highest BCUT2D eigenvalue weighted by molar-refractivity contribution is 9.10. The van der Waals surface area contributed by atoms with E-state index in [9.17, 15) is 4.79 Å². The zero-order chi connectivity index (χ0) is 18.6. The van der Waals surface area contributed by atoms with Gasteiger partial charge in [0.15, 0.2) is 0 Å². The van der Waals surface area contributed by atoms with Crippen molar-refractivity contribution in [3.05, 3.63) is 92.1 Å². The number of carbonyl (C=O) groups excluding carboxylic acids is 1. The zero-order valence-corrected chi connectivity index (χ0v) is 17.3. The topological polar surface area (TPSA) is 32.3 Å². The van der Waals surface area contributed by atoms with Crippen molar-refractivity contribution in [3.8, 4) is 0 Å². The Bertz CT molecular complexity index is 926. The molecule has 0 spiro atoms. The van der Waals surface area contributed by atoms with Crippen LogP contribution in [0.5, 0.6) is 0 Å². The maximum absolute atomic E-state index is 12.6. The van der Waals surface area contributed by atoms with Gasteiger partial charge in [0, 0.05) is 34.5 Å². The predicted octanol–water partition coefficient (Wildman–Crippen LogP) is 5.04. The Kier molecular flexibility index (Phi) is 5.72. The third kappa shape index (κ3) is 4.32. The Morgan fingerprint density at radius 2 is 1.96 bits per heavy atom. The molecular formula is C22H21BrN2OS. The molecule has 0 aliphatic carbocycles. The molecule has 0 bridgehead atoms. The van der Waals surface area contributed by atoms with E-state index in [1.165, 1.54) is 16.0 Å². The first-order valence-electron chi connectivity index (χ1n) is 9.09. The minimum Gasteiger partial charge on any atom is -0.350 e. The number of benzene rings is 2. The second-order valence-corrected chi connectivity index (χ2v) is 8.64. The number of carbonyl (C=O) groups is 1. The van der Waals surface area contributed by atoms with Crippen molar-refractivity contribution in [3.63, 3.8) is 0 Å². The number of nitrogens with zero attached hydrogens (tertiary/aromatic N) is 1. The standard InChI is InChI=1S/C22H21BrN2OS/c23-19-8-3-7-17(13-19)22(26)24-14-20(21-9-4-12-27-21)25-11-10-16-5-1-2-6-18(16)15-25/h1-9,12-13,20H,10-11,14-15H2,(H,24,26). The molecule has 138 valence electrons. The summed E-state index contributed by atoms with van der Waals surface area (Å²) in [5, 5.41) is 5.25. The van der Waals surface area contributed by atoms with Crippen molar-refractivity contribution < 1.29 is 4.79 Å². The van der Waals surface area contributed by atoms with Gasteiger partial charge >= 0.3 is 0 Å². The maximum Gasteiger partial charge on any atom is 0.251 e. The van der Waals surface area contributed by atoms with E-state index in [0.717, 1.165) is 24.0 Å². The first-order chi connectivity index (χ1) is 13.2. The fourth-order valence-electron chi connectivity index (χ4n) is 3.60. The lowest BCUT2D eigenvalue weighted by Crippen LogP contribution is -2.40. The Labute approximate surface area is 172 Å². The van der Waals surface area contributed by atoms with Gasteiger partial charge in [0.05, 0.1) is 6.04 Å². The molecule has 2 aromatic carbocycles. The number of hydrogen-bond acceptors (Lipinski definition) is 3. The van der Waals surface area contributed by atoms with E-state index in [1.807, 2.05) is 24.3 Å². The van der Waals surface area contributed by atoms with Crippen LogP contribution in [0.4, 0.5) is 0 Å². The van der Waals surface area contributed by atoms with Crippen LogP contribution in [0.1, 0.15) is 32.4 Å². The smallest absolute Gasteiger partial charge is 0.251 e. The molecule has 0 fully saturated rings. The monoisotopic (exact) mass is 440 g/mol. The van der Waals surface area contributed by atoms with Crippen LogP contribution in [0.3, 0.4) is 0 Å². The minimum atomic E-state index is -0.0322. The zero-order valence-electron chi connectivity index (χ0n) is 14.9. The average Bonchev–Trinajstić information content (AvgIpc) is 3.22. The van der Waals surface area contributed by atoms with Gasteiger partial charge in [-0.3, -0.25) is 9.69 Å². The van der Waals surface area contributed by atoms with E-state index in [0.29, 0.717) is 12.1 Å². The van der Waals surface area contributed by atoms with E-state index >= 15 is 0 Å². The van der Waals surface area contributed by atoms with Gasteiger partial charge in [0.25, 0.3) is 5.91 Å².